The van der Waals surface area contributed by atoms with Crippen molar-refractivity contribution in [1.82, 2.24) is 0 Å². The first kappa shape index (κ1) is 61.5. The summed E-state index contributed by atoms with van der Waals surface area (Å²) in [5, 5.41) is 0. The van der Waals surface area contributed by atoms with E-state index in [4.69, 9.17) is 4.74 Å². The molecule has 0 aromatic heterocycles. The second-order valence-electron chi connectivity index (χ2n) is 20.7. The Morgan fingerprint density at radius 2 is 0.355 bits per heavy atom. The number of rotatable bonds is 57. The largest absolute Gasteiger partial charge is 0.466 e. The van der Waals surface area contributed by atoms with Gasteiger partial charge in [-0.25, -0.2) is 0 Å². The zero-order chi connectivity index (χ0) is 44.6. The fraction of sp³-hybridized carbons (Fsp3) is 0.983. The monoisotopic (exact) mass is 873 g/mol. The molecule has 0 aliphatic heterocycles. The molecular weight excluding hydrogens is 753 g/mol. The Morgan fingerprint density at radius 1 is 0.210 bits per heavy atom. The maximum Gasteiger partial charge on any atom is 0.305 e. The molecule has 2 heteroatoms. The Labute approximate surface area is 394 Å². The number of carbonyl (C=O) groups excluding carboxylic acids is 1. The average Bonchev–Trinajstić information content (AvgIpc) is 3.28. The first-order valence-corrected chi connectivity index (χ1v) is 30.0. The zero-order valence-corrected chi connectivity index (χ0v) is 43.6. The van der Waals surface area contributed by atoms with Gasteiger partial charge >= 0.3 is 5.97 Å². The maximum atomic E-state index is 12.1. The summed E-state index contributed by atoms with van der Waals surface area (Å²) in [5.74, 6) is 0.0366. The van der Waals surface area contributed by atoms with Gasteiger partial charge < -0.3 is 4.74 Å². The standard InChI is InChI=1S/C60H120O2/c1-3-5-7-9-11-13-15-17-19-21-23-25-27-29-30-31-32-33-34-35-36-38-40-42-44-46-48-50-52-54-56-58-60(61)62-59-57-55-53-51-49-47-45-43-41-39-37-28-26-24-22-20-18-16-14-12-10-8-6-4-2/h3-59H2,1-2H3. The topological polar surface area (TPSA) is 26.3 Å². The number of hydrogen-bond acceptors (Lipinski definition) is 2. The fourth-order valence-corrected chi connectivity index (χ4v) is 9.79. The predicted molar refractivity (Wildman–Crippen MR) is 281 cm³/mol. The summed E-state index contributed by atoms with van der Waals surface area (Å²) in [4.78, 5) is 12.1. The van der Waals surface area contributed by atoms with Crippen LogP contribution in [-0.4, -0.2) is 12.6 Å². The molecular formula is C60H120O2. The lowest BCUT2D eigenvalue weighted by Gasteiger charge is -2.06. The van der Waals surface area contributed by atoms with Gasteiger partial charge in [0, 0.05) is 6.42 Å². The van der Waals surface area contributed by atoms with Crippen LogP contribution in [0, 0.1) is 0 Å². The van der Waals surface area contributed by atoms with Crippen molar-refractivity contribution in [2.45, 2.75) is 373 Å². The van der Waals surface area contributed by atoms with E-state index in [2.05, 4.69) is 13.8 Å². The molecule has 0 aliphatic rings. The van der Waals surface area contributed by atoms with E-state index in [0.29, 0.717) is 13.0 Å². The predicted octanol–water partition coefficient (Wildman–Crippen LogP) is 22.4. The molecule has 0 aromatic rings. The van der Waals surface area contributed by atoms with Gasteiger partial charge in [-0.15, -0.1) is 0 Å². The molecule has 0 amide bonds. The number of ether oxygens (including phenoxy) is 1. The van der Waals surface area contributed by atoms with Gasteiger partial charge in [-0.05, 0) is 12.8 Å². The summed E-state index contributed by atoms with van der Waals surface area (Å²) in [6, 6.07) is 0. The smallest absolute Gasteiger partial charge is 0.305 e. The van der Waals surface area contributed by atoms with Crippen molar-refractivity contribution in [2.24, 2.45) is 0 Å². The van der Waals surface area contributed by atoms with Crippen LogP contribution in [0.4, 0.5) is 0 Å². The van der Waals surface area contributed by atoms with Crippen molar-refractivity contribution in [3.05, 3.63) is 0 Å². The Bertz CT molecular complexity index is 777. The molecule has 0 fully saturated rings. The van der Waals surface area contributed by atoms with Gasteiger partial charge in [0.1, 0.15) is 0 Å². The van der Waals surface area contributed by atoms with E-state index in [1.807, 2.05) is 0 Å². The van der Waals surface area contributed by atoms with Crippen LogP contribution in [0.2, 0.25) is 0 Å². The van der Waals surface area contributed by atoms with Crippen LogP contribution < -0.4 is 0 Å². The summed E-state index contributed by atoms with van der Waals surface area (Å²) in [6.07, 6.45) is 78.7. The number of carbonyl (C=O) groups is 1. The van der Waals surface area contributed by atoms with Crippen molar-refractivity contribution < 1.29 is 9.53 Å². The molecule has 0 rings (SSSR count). The third-order valence-corrected chi connectivity index (χ3v) is 14.2. The number of hydrogen-bond donors (Lipinski definition) is 0. The lowest BCUT2D eigenvalue weighted by Crippen LogP contribution is -2.05. The highest BCUT2D eigenvalue weighted by Gasteiger charge is 2.03. The molecule has 0 heterocycles. The van der Waals surface area contributed by atoms with Gasteiger partial charge in [-0.3, -0.25) is 4.79 Å². The van der Waals surface area contributed by atoms with Gasteiger partial charge in [0.2, 0.25) is 0 Å². The van der Waals surface area contributed by atoms with Crippen LogP contribution in [-0.2, 0) is 9.53 Å². The lowest BCUT2D eigenvalue weighted by atomic mass is 10.0. The zero-order valence-electron chi connectivity index (χ0n) is 43.6. The van der Waals surface area contributed by atoms with Crippen LogP contribution >= 0.6 is 0 Å². The minimum Gasteiger partial charge on any atom is -0.466 e. The van der Waals surface area contributed by atoms with E-state index in [1.54, 1.807) is 0 Å². The first-order valence-electron chi connectivity index (χ1n) is 30.0. The van der Waals surface area contributed by atoms with Gasteiger partial charge in [-0.1, -0.05) is 354 Å². The molecule has 2 nitrogen and oxygen atoms in total. The molecule has 62 heavy (non-hydrogen) atoms. The highest BCUT2D eigenvalue weighted by Crippen LogP contribution is 2.19. The average molecular weight is 874 g/mol. The minimum absolute atomic E-state index is 0.0366. The first-order chi connectivity index (χ1) is 30.8. The molecule has 0 atom stereocenters. The Kier molecular flexibility index (Phi) is 58.0. The molecule has 0 aliphatic carbocycles. The van der Waals surface area contributed by atoms with Crippen LogP contribution in [0.25, 0.3) is 0 Å². The van der Waals surface area contributed by atoms with Crippen LogP contribution in [0.5, 0.6) is 0 Å². The van der Waals surface area contributed by atoms with Gasteiger partial charge in [-0.2, -0.15) is 0 Å². The van der Waals surface area contributed by atoms with Crippen molar-refractivity contribution in [3.8, 4) is 0 Å². The third kappa shape index (κ3) is 57.5. The fourth-order valence-electron chi connectivity index (χ4n) is 9.79. The molecule has 0 saturated carbocycles. The highest BCUT2D eigenvalue weighted by atomic mass is 16.5. The van der Waals surface area contributed by atoms with E-state index in [1.165, 1.54) is 340 Å². The van der Waals surface area contributed by atoms with Crippen LogP contribution in [0.15, 0.2) is 0 Å². The highest BCUT2D eigenvalue weighted by molar-refractivity contribution is 5.69. The Hall–Kier alpha value is -0.530. The SMILES string of the molecule is CCCCCCCCCCCCCCCCCCCCCCCCCCCCCCCCCC(=O)OCCCCCCCCCCCCCCCCCCCCCCCCCC. The minimum atomic E-state index is 0.0366. The molecule has 0 spiro atoms. The summed E-state index contributed by atoms with van der Waals surface area (Å²) in [5.41, 5.74) is 0. The molecule has 0 saturated heterocycles. The molecule has 0 radical (unpaired) electrons. The van der Waals surface area contributed by atoms with Gasteiger partial charge in [0.05, 0.1) is 6.61 Å². The maximum absolute atomic E-state index is 12.1. The van der Waals surface area contributed by atoms with E-state index in [9.17, 15) is 4.79 Å². The molecule has 0 aromatic carbocycles. The third-order valence-electron chi connectivity index (χ3n) is 14.2. The summed E-state index contributed by atoms with van der Waals surface area (Å²) >= 11 is 0. The van der Waals surface area contributed by atoms with Crippen molar-refractivity contribution in [3.63, 3.8) is 0 Å². The van der Waals surface area contributed by atoms with Crippen LogP contribution in [0.3, 0.4) is 0 Å². The van der Waals surface area contributed by atoms with Gasteiger partial charge in [0.25, 0.3) is 0 Å². The second-order valence-corrected chi connectivity index (χ2v) is 20.7. The Morgan fingerprint density at radius 3 is 0.532 bits per heavy atom. The van der Waals surface area contributed by atoms with E-state index < -0.39 is 0 Å². The molecule has 372 valence electrons. The second kappa shape index (κ2) is 58.5. The summed E-state index contributed by atoms with van der Waals surface area (Å²) in [6.45, 7) is 5.25. The van der Waals surface area contributed by atoms with Gasteiger partial charge in [0.15, 0.2) is 0 Å². The summed E-state index contributed by atoms with van der Waals surface area (Å²) < 4.78 is 5.52. The quantitative estimate of drug-likeness (QED) is 0.0450. The number of unbranched alkanes of at least 4 members (excludes halogenated alkanes) is 53. The normalized spacial score (nSPS) is 11.6. The van der Waals surface area contributed by atoms with E-state index in [-0.39, 0.29) is 5.97 Å². The van der Waals surface area contributed by atoms with Crippen molar-refractivity contribution >= 4 is 5.97 Å². The van der Waals surface area contributed by atoms with Crippen molar-refractivity contribution in [2.75, 3.05) is 6.61 Å². The lowest BCUT2D eigenvalue weighted by molar-refractivity contribution is -0.143. The van der Waals surface area contributed by atoms with E-state index in [0.717, 1.165) is 12.8 Å². The van der Waals surface area contributed by atoms with Crippen molar-refractivity contribution in [1.29, 1.82) is 0 Å². The Balaban J connectivity index is 3.14. The molecule has 0 bridgehead atoms. The van der Waals surface area contributed by atoms with Crippen LogP contribution in [0.1, 0.15) is 373 Å². The molecule has 0 N–H and O–H groups in total. The number of esters is 1. The van der Waals surface area contributed by atoms with E-state index >= 15 is 0 Å². The molecule has 0 unspecified atom stereocenters. The summed E-state index contributed by atoms with van der Waals surface area (Å²) in [7, 11) is 0.